The zero-order valence-corrected chi connectivity index (χ0v) is 17.0. The standard InChI is InChI=1S/C21H21BrN2O3/c1-13-9-14(3-5-17(13)22)10-20-23-18-6-4-15(21(25)26-2)11-19(18)24(20)12-16-7-8-27-16/h3-6,9,11,16H,7-8,10,12H2,1-2H3/t16-/m0/s1. The van der Waals surface area contributed by atoms with Gasteiger partial charge in [0.15, 0.2) is 0 Å². The second-order valence-corrected chi connectivity index (χ2v) is 7.73. The van der Waals surface area contributed by atoms with Gasteiger partial charge in [0, 0.05) is 17.5 Å². The molecular weight excluding hydrogens is 408 g/mol. The fourth-order valence-corrected chi connectivity index (χ4v) is 3.63. The third-order valence-electron chi connectivity index (χ3n) is 5.01. The molecule has 1 aliphatic rings. The molecule has 5 nitrogen and oxygen atoms in total. The molecule has 1 atom stereocenters. The zero-order valence-electron chi connectivity index (χ0n) is 15.4. The molecule has 0 aliphatic carbocycles. The molecule has 6 heteroatoms. The molecule has 4 rings (SSSR count). The third-order valence-corrected chi connectivity index (χ3v) is 5.90. The monoisotopic (exact) mass is 428 g/mol. The summed E-state index contributed by atoms with van der Waals surface area (Å²) in [6.45, 7) is 3.64. The number of methoxy groups -OCH3 is 1. The molecule has 0 N–H and O–H groups in total. The number of aromatic nitrogens is 2. The van der Waals surface area contributed by atoms with Crippen molar-refractivity contribution in [2.45, 2.75) is 32.4 Å². The van der Waals surface area contributed by atoms with Crippen molar-refractivity contribution >= 4 is 32.9 Å². The maximum absolute atomic E-state index is 11.9. The number of hydrogen-bond acceptors (Lipinski definition) is 4. The molecule has 0 unspecified atom stereocenters. The molecular formula is C21H21BrN2O3. The van der Waals surface area contributed by atoms with Gasteiger partial charge >= 0.3 is 5.97 Å². The number of hydrogen-bond donors (Lipinski definition) is 0. The summed E-state index contributed by atoms with van der Waals surface area (Å²) in [7, 11) is 1.40. The van der Waals surface area contributed by atoms with Crippen LogP contribution in [0.15, 0.2) is 40.9 Å². The average molecular weight is 429 g/mol. The van der Waals surface area contributed by atoms with E-state index in [1.165, 1.54) is 18.2 Å². The van der Waals surface area contributed by atoms with Gasteiger partial charge in [-0.15, -0.1) is 0 Å². The summed E-state index contributed by atoms with van der Waals surface area (Å²) in [6.07, 6.45) is 1.98. The van der Waals surface area contributed by atoms with E-state index in [2.05, 4.69) is 45.6 Å². The number of nitrogens with zero attached hydrogens (tertiary/aromatic N) is 2. The predicted molar refractivity (Wildman–Crippen MR) is 107 cm³/mol. The van der Waals surface area contributed by atoms with Gasteiger partial charge in [0.1, 0.15) is 5.82 Å². The first-order valence-electron chi connectivity index (χ1n) is 8.99. The lowest BCUT2D eigenvalue weighted by molar-refractivity contribution is -0.0589. The Hall–Kier alpha value is -2.18. The number of aryl methyl sites for hydroxylation is 1. The molecule has 1 aromatic heterocycles. The van der Waals surface area contributed by atoms with E-state index < -0.39 is 0 Å². The molecule has 2 aromatic carbocycles. The number of halogens is 1. The number of carbonyl (C=O) groups is 1. The zero-order chi connectivity index (χ0) is 19.0. The Kier molecular flexibility index (Phi) is 5.02. The summed E-state index contributed by atoms with van der Waals surface area (Å²) >= 11 is 3.55. The summed E-state index contributed by atoms with van der Waals surface area (Å²) in [5, 5.41) is 0. The first kappa shape index (κ1) is 18.2. The number of fused-ring (bicyclic) bond motifs is 1. The number of benzene rings is 2. The Morgan fingerprint density at radius 2 is 2.15 bits per heavy atom. The molecule has 0 saturated carbocycles. The first-order valence-corrected chi connectivity index (χ1v) is 9.78. The van der Waals surface area contributed by atoms with Crippen LogP contribution in [0.1, 0.15) is 33.7 Å². The minimum absolute atomic E-state index is 0.203. The van der Waals surface area contributed by atoms with E-state index in [0.29, 0.717) is 5.56 Å². The van der Waals surface area contributed by atoms with Crippen molar-refractivity contribution in [3.63, 3.8) is 0 Å². The van der Waals surface area contributed by atoms with Crippen LogP contribution in [0.5, 0.6) is 0 Å². The van der Waals surface area contributed by atoms with Crippen LogP contribution >= 0.6 is 15.9 Å². The topological polar surface area (TPSA) is 53.3 Å². The van der Waals surface area contributed by atoms with Crippen LogP contribution in [-0.2, 0) is 22.4 Å². The van der Waals surface area contributed by atoms with E-state index >= 15 is 0 Å². The molecule has 3 aromatic rings. The molecule has 0 spiro atoms. The van der Waals surface area contributed by atoms with Crippen LogP contribution in [0.2, 0.25) is 0 Å². The SMILES string of the molecule is COC(=O)c1ccc2nc(Cc3ccc(Br)c(C)c3)n(C[C@@H]3CCO3)c2c1. The van der Waals surface area contributed by atoms with E-state index in [4.69, 9.17) is 14.5 Å². The van der Waals surface area contributed by atoms with Crippen molar-refractivity contribution in [2.24, 2.45) is 0 Å². The Morgan fingerprint density at radius 1 is 1.33 bits per heavy atom. The largest absolute Gasteiger partial charge is 0.465 e. The van der Waals surface area contributed by atoms with Crippen molar-refractivity contribution in [3.05, 3.63) is 63.4 Å². The molecule has 1 fully saturated rings. The normalized spacial score (nSPS) is 16.3. The maximum Gasteiger partial charge on any atom is 0.337 e. The highest BCUT2D eigenvalue weighted by Crippen LogP contribution is 2.25. The van der Waals surface area contributed by atoms with Crippen molar-refractivity contribution < 1.29 is 14.3 Å². The van der Waals surface area contributed by atoms with Gasteiger partial charge < -0.3 is 14.0 Å². The van der Waals surface area contributed by atoms with Crippen LogP contribution in [0, 0.1) is 6.92 Å². The van der Waals surface area contributed by atoms with Crippen LogP contribution < -0.4 is 0 Å². The lowest BCUT2D eigenvalue weighted by atomic mass is 10.1. The maximum atomic E-state index is 11.9. The van der Waals surface area contributed by atoms with Gasteiger partial charge in [-0.05, 0) is 48.7 Å². The van der Waals surface area contributed by atoms with Crippen molar-refractivity contribution in [1.29, 1.82) is 0 Å². The molecule has 27 heavy (non-hydrogen) atoms. The summed E-state index contributed by atoms with van der Waals surface area (Å²) in [6, 6.07) is 11.9. The first-order chi connectivity index (χ1) is 13.0. The smallest absolute Gasteiger partial charge is 0.337 e. The van der Waals surface area contributed by atoms with Crippen LogP contribution in [0.25, 0.3) is 11.0 Å². The highest BCUT2D eigenvalue weighted by atomic mass is 79.9. The van der Waals surface area contributed by atoms with Gasteiger partial charge in [-0.25, -0.2) is 9.78 Å². The van der Waals surface area contributed by atoms with E-state index in [-0.39, 0.29) is 12.1 Å². The van der Waals surface area contributed by atoms with E-state index in [1.807, 2.05) is 12.1 Å². The number of imidazole rings is 1. The highest BCUT2D eigenvalue weighted by molar-refractivity contribution is 9.10. The van der Waals surface area contributed by atoms with Crippen LogP contribution in [-0.4, -0.2) is 35.3 Å². The third kappa shape index (κ3) is 3.64. The molecule has 0 amide bonds. The summed E-state index contributed by atoms with van der Waals surface area (Å²) in [5.74, 6) is 0.638. The quantitative estimate of drug-likeness (QED) is 0.569. The fraction of sp³-hybridized carbons (Fsp3) is 0.333. The highest BCUT2D eigenvalue weighted by Gasteiger charge is 2.22. The lowest BCUT2D eigenvalue weighted by Gasteiger charge is -2.27. The summed E-state index contributed by atoms with van der Waals surface area (Å²) < 4.78 is 13.8. The van der Waals surface area contributed by atoms with Crippen molar-refractivity contribution in [2.75, 3.05) is 13.7 Å². The number of rotatable bonds is 5. The second-order valence-electron chi connectivity index (χ2n) is 6.88. The molecule has 2 heterocycles. The lowest BCUT2D eigenvalue weighted by Crippen LogP contribution is -2.31. The average Bonchev–Trinajstić information content (AvgIpc) is 2.96. The Bertz CT molecular complexity index is 1010. The van der Waals surface area contributed by atoms with Crippen LogP contribution in [0.4, 0.5) is 0 Å². The van der Waals surface area contributed by atoms with Gasteiger partial charge in [0.05, 0.1) is 36.4 Å². The van der Waals surface area contributed by atoms with Gasteiger partial charge in [-0.3, -0.25) is 0 Å². The number of esters is 1. The molecule has 1 aliphatic heterocycles. The minimum Gasteiger partial charge on any atom is -0.465 e. The van der Waals surface area contributed by atoms with E-state index in [1.54, 1.807) is 6.07 Å². The van der Waals surface area contributed by atoms with Gasteiger partial charge in [-0.1, -0.05) is 28.1 Å². The Morgan fingerprint density at radius 3 is 2.81 bits per heavy atom. The Balaban J connectivity index is 1.76. The minimum atomic E-state index is -0.338. The van der Waals surface area contributed by atoms with Crippen molar-refractivity contribution in [1.82, 2.24) is 9.55 Å². The molecule has 0 radical (unpaired) electrons. The van der Waals surface area contributed by atoms with Gasteiger partial charge in [0.25, 0.3) is 0 Å². The summed E-state index contributed by atoms with van der Waals surface area (Å²) in [5.41, 5.74) is 4.76. The van der Waals surface area contributed by atoms with E-state index in [0.717, 1.165) is 47.3 Å². The predicted octanol–water partition coefficient (Wildman–Crippen LogP) is 4.27. The number of ether oxygens (including phenoxy) is 2. The van der Waals surface area contributed by atoms with Gasteiger partial charge in [0.2, 0.25) is 0 Å². The second kappa shape index (κ2) is 7.44. The summed E-state index contributed by atoms with van der Waals surface area (Å²) in [4.78, 5) is 16.8. The molecule has 0 bridgehead atoms. The van der Waals surface area contributed by atoms with Gasteiger partial charge in [-0.2, -0.15) is 0 Å². The van der Waals surface area contributed by atoms with Crippen molar-refractivity contribution in [3.8, 4) is 0 Å². The fourth-order valence-electron chi connectivity index (χ4n) is 3.39. The number of carbonyl (C=O) groups excluding carboxylic acids is 1. The Labute approximate surface area is 166 Å². The van der Waals surface area contributed by atoms with Crippen LogP contribution in [0.3, 0.4) is 0 Å². The molecule has 1 saturated heterocycles. The molecule has 140 valence electrons. The van der Waals surface area contributed by atoms with E-state index in [9.17, 15) is 4.79 Å².